The van der Waals surface area contributed by atoms with Gasteiger partial charge in [0.2, 0.25) is 0 Å². The van der Waals surface area contributed by atoms with Gasteiger partial charge >= 0.3 is 41.3 Å². The Bertz CT molecular complexity index is 1620. The first-order chi connectivity index (χ1) is 22.5. The van der Waals surface area contributed by atoms with Crippen LogP contribution < -0.4 is 24.8 Å². The smallest absolute Gasteiger partial charge is 0.0415 e. The SMILES string of the molecule is C[C-]1C2=C3Cc4ccccc4C3=C3C=CCCC3C2(C)C(C)(C)C(C)(C)C1(C)C.C[C](C)=[Zr+2].[C-]1=CC(C23CC4CC(CC(C4)C2)C3)=CC1.[Cl-].[Cl-]. The second-order valence-electron chi connectivity index (χ2n) is 19.2. The number of allylic oxidation sites excluding steroid dienone is 10. The third-order valence-corrected chi connectivity index (χ3v) is 16.1. The van der Waals surface area contributed by atoms with Crippen molar-refractivity contribution in [1.29, 1.82) is 0 Å². The molecule has 0 nitrogen and oxygen atoms in total. The zero-order valence-corrected chi connectivity index (χ0v) is 36.7. The average Bonchev–Trinajstić information content (AvgIpc) is 3.69. The molecule has 0 radical (unpaired) electrons. The quantitative estimate of drug-likeness (QED) is 0.282. The molecule has 2 atom stereocenters. The standard InChI is InChI=1S/C29H37.C15H19.C3H6.2ClH.Zr/c1-18-25-22-17-19-13-9-10-14-20(19)24(22)21-15-11-12-16-23(21)29(25,8)28(6,7)27(4,5)26(18,2)3;1-2-4-14(3-1)15-8-11-5-12(9-15)7-13(6-11)10-15;1-3-2;;;/h9-11,13-15,23H,12,16-17H2,1-8H3;3-4,11-13H,1,5-10H2;1-2H3;2*1H;/q2*-1;;;;+2/p-2. The number of hydrogen-bond acceptors (Lipinski definition) is 0. The molecule has 5 fully saturated rings. The van der Waals surface area contributed by atoms with Crippen LogP contribution in [-0.4, -0.2) is 3.21 Å². The molecule has 0 heterocycles. The van der Waals surface area contributed by atoms with Crippen molar-refractivity contribution in [2.24, 2.45) is 50.7 Å². The van der Waals surface area contributed by atoms with Crippen LogP contribution in [0.5, 0.6) is 0 Å². The van der Waals surface area contributed by atoms with Crippen LogP contribution in [-0.2, 0) is 30.7 Å². The fourth-order valence-electron chi connectivity index (χ4n) is 12.8. The number of hydrogen-bond donors (Lipinski definition) is 0. The van der Waals surface area contributed by atoms with Gasteiger partial charge < -0.3 is 24.8 Å². The van der Waals surface area contributed by atoms with E-state index in [1.54, 1.807) is 77.3 Å². The van der Waals surface area contributed by atoms with Gasteiger partial charge in [-0.1, -0.05) is 138 Å². The summed E-state index contributed by atoms with van der Waals surface area (Å²) in [6, 6.07) is 9.16. The minimum Gasteiger partial charge on any atom is -1.00 e. The Morgan fingerprint density at radius 3 is 2.00 bits per heavy atom. The number of fused-ring (bicyclic) bond motifs is 6. The minimum absolute atomic E-state index is 0. The van der Waals surface area contributed by atoms with Crippen molar-refractivity contribution in [3.8, 4) is 0 Å². The predicted octanol–water partition coefficient (Wildman–Crippen LogP) is 6.61. The van der Waals surface area contributed by atoms with Crippen molar-refractivity contribution in [3.05, 3.63) is 94.0 Å². The molecule has 5 saturated carbocycles. The van der Waals surface area contributed by atoms with Crippen molar-refractivity contribution in [2.75, 3.05) is 0 Å². The van der Waals surface area contributed by atoms with Crippen LogP contribution >= 0.6 is 0 Å². The van der Waals surface area contributed by atoms with Gasteiger partial charge in [-0.25, -0.2) is 12.0 Å². The van der Waals surface area contributed by atoms with E-state index in [9.17, 15) is 0 Å². The Labute approximate surface area is 333 Å². The van der Waals surface area contributed by atoms with E-state index < -0.39 is 0 Å². The molecule has 0 aromatic heterocycles. The summed E-state index contributed by atoms with van der Waals surface area (Å²) in [6.45, 7) is 24.5. The van der Waals surface area contributed by atoms with Crippen LogP contribution in [0.1, 0.15) is 138 Å². The zero-order valence-electron chi connectivity index (χ0n) is 32.8. The summed E-state index contributed by atoms with van der Waals surface area (Å²) >= 11 is 1.55. The van der Waals surface area contributed by atoms with E-state index in [-0.39, 0.29) is 46.5 Å². The second kappa shape index (κ2) is 14.1. The summed E-state index contributed by atoms with van der Waals surface area (Å²) in [5.74, 6) is 5.47. The van der Waals surface area contributed by atoms with Gasteiger partial charge in [0.15, 0.2) is 0 Å². The number of rotatable bonds is 1. The van der Waals surface area contributed by atoms with Gasteiger partial charge in [-0.15, -0.1) is 13.3 Å². The monoisotopic (exact) mass is 786 g/mol. The van der Waals surface area contributed by atoms with Crippen molar-refractivity contribution in [1.82, 2.24) is 0 Å². The second-order valence-corrected chi connectivity index (χ2v) is 21.6. The molecule has 9 aliphatic carbocycles. The maximum absolute atomic E-state index is 3.38. The molecule has 0 spiro atoms. The van der Waals surface area contributed by atoms with E-state index in [1.165, 1.54) is 46.4 Å². The molecular formula is C47H62Cl2Zr-2. The topological polar surface area (TPSA) is 0 Å². The summed E-state index contributed by atoms with van der Waals surface area (Å²) in [7, 11) is 0. The molecular weight excluding hydrogens is 727 g/mol. The van der Waals surface area contributed by atoms with E-state index in [0.717, 1.165) is 30.6 Å². The van der Waals surface area contributed by atoms with Crippen LogP contribution in [0.15, 0.2) is 70.9 Å². The van der Waals surface area contributed by atoms with Crippen LogP contribution in [0.25, 0.3) is 5.57 Å². The molecule has 9 aliphatic rings. The third kappa shape index (κ3) is 5.92. The molecule has 1 aromatic carbocycles. The normalized spacial score (nSPS) is 35.2. The molecule has 0 aliphatic heterocycles. The fraction of sp³-hybridized carbons (Fsp3) is 0.617. The maximum atomic E-state index is 3.38. The van der Waals surface area contributed by atoms with Crippen LogP contribution in [0.2, 0.25) is 0 Å². The van der Waals surface area contributed by atoms with Crippen molar-refractivity contribution < 1.29 is 49.0 Å². The minimum atomic E-state index is 0. The first-order valence-electron chi connectivity index (χ1n) is 19.4. The summed E-state index contributed by atoms with van der Waals surface area (Å²) in [5, 5.41) is 0. The van der Waals surface area contributed by atoms with Crippen LogP contribution in [0.3, 0.4) is 0 Å². The predicted molar refractivity (Wildman–Crippen MR) is 202 cm³/mol. The molecule has 4 bridgehead atoms. The molecule has 0 amide bonds. The third-order valence-electron chi connectivity index (χ3n) is 16.1. The van der Waals surface area contributed by atoms with E-state index >= 15 is 0 Å². The molecule has 270 valence electrons. The summed E-state index contributed by atoms with van der Waals surface area (Å²) in [5.41, 5.74) is 12.6. The Hall–Kier alpha value is -0.877. The number of halogens is 2. The molecule has 1 aromatic rings. The fourth-order valence-corrected chi connectivity index (χ4v) is 12.8. The summed E-state index contributed by atoms with van der Waals surface area (Å²) in [4.78, 5) is 0. The molecule has 2 unspecified atom stereocenters. The first-order valence-corrected chi connectivity index (χ1v) is 20.6. The Kier molecular flexibility index (Phi) is 11.4. The summed E-state index contributed by atoms with van der Waals surface area (Å²) < 4.78 is 1.51. The van der Waals surface area contributed by atoms with Crippen molar-refractivity contribution in [3.63, 3.8) is 0 Å². The Morgan fingerprint density at radius 1 is 0.860 bits per heavy atom. The van der Waals surface area contributed by atoms with E-state index in [4.69, 9.17) is 0 Å². The van der Waals surface area contributed by atoms with E-state index in [0.29, 0.717) is 11.3 Å². The maximum Gasteiger partial charge on any atom is -0.0415 e. The molecule has 0 N–H and O–H groups in total. The van der Waals surface area contributed by atoms with E-state index in [1.807, 2.05) is 0 Å². The zero-order chi connectivity index (χ0) is 34.4. The largest absolute Gasteiger partial charge is 1.00 e. The van der Waals surface area contributed by atoms with Crippen molar-refractivity contribution >= 4 is 8.78 Å². The average molecular weight is 789 g/mol. The molecule has 0 saturated heterocycles. The number of benzene rings is 1. The molecule has 10 rings (SSSR count). The van der Waals surface area contributed by atoms with Gasteiger partial charge in [0.1, 0.15) is 0 Å². The first kappa shape index (κ1) is 40.3. The molecule has 3 heteroatoms. The van der Waals surface area contributed by atoms with Crippen LogP contribution in [0.4, 0.5) is 0 Å². The van der Waals surface area contributed by atoms with Gasteiger partial charge in [-0.3, -0.25) is 6.08 Å². The van der Waals surface area contributed by atoms with E-state index in [2.05, 4.69) is 124 Å². The van der Waals surface area contributed by atoms with Crippen LogP contribution in [0, 0.1) is 62.7 Å². The Morgan fingerprint density at radius 2 is 1.44 bits per heavy atom. The van der Waals surface area contributed by atoms with Gasteiger partial charge in [0, 0.05) is 0 Å². The van der Waals surface area contributed by atoms with Gasteiger partial charge in [-0.2, -0.15) is 22.8 Å². The summed E-state index contributed by atoms with van der Waals surface area (Å²) in [6.07, 6.45) is 26.9. The molecule has 50 heavy (non-hydrogen) atoms. The Balaban J connectivity index is 0.000000194. The van der Waals surface area contributed by atoms with Gasteiger partial charge in [0.05, 0.1) is 0 Å². The van der Waals surface area contributed by atoms with Crippen molar-refractivity contribution in [2.45, 2.75) is 133 Å². The van der Waals surface area contributed by atoms with Gasteiger partial charge in [0.25, 0.3) is 0 Å². The van der Waals surface area contributed by atoms with Gasteiger partial charge in [-0.05, 0) is 77.6 Å².